The van der Waals surface area contributed by atoms with Crippen LogP contribution in [0.15, 0.2) is 42.6 Å². The molecule has 0 radical (unpaired) electrons. The molecule has 0 unspecified atom stereocenters. The summed E-state index contributed by atoms with van der Waals surface area (Å²) in [7, 11) is 0. The first-order valence-electron chi connectivity index (χ1n) is 11.8. The molecule has 160 valence electrons. The molecule has 1 aromatic carbocycles. The van der Waals surface area contributed by atoms with Crippen LogP contribution < -0.4 is 10.6 Å². The lowest BCUT2D eigenvalue weighted by Crippen LogP contribution is -2.50. The fraction of sp³-hybridized carbons (Fsp3) is 0.560. The average molecular weight is 406 g/mol. The van der Waals surface area contributed by atoms with Crippen molar-refractivity contribution in [2.75, 3.05) is 45.8 Å². The molecule has 2 atom stereocenters. The van der Waals surface area contributed by atoms with Crippen LogP contribution in [0.4, 0.5) is 0 Å². The molecular weight excluding hydrogens is 370 g/mol. The van der Waals surface area contributed by atoms with Gasteiger partial charge in [0.05, 0.1) is 11.7 Å². The summed E-state index contributed by atoms with van der Waals surface area (Å²) in [6.45, 7) is 8.95. The van der Waals surface area contributed by atoms with Crippen LogP contribution in [0, 0.1) is 0 Å². The van der Waals surface area contributed by atoms with Gasteiger partial charge >= 0.3 is 0 Å². The first kappa shape index (κ1) is 20.1. The number of rotatable bonds is 6. The Bertz CT molecular complexity index is 832. The van der Waals surface area contributed by atoms with Gasteiger partial charge in [-0.1, -0.05) is 30.3 Å². The van der Waals surface area contributed by atoms with Crippen molar-refractivity contribution in [2.45, 2.75) is 44.3 Å². The number of aromatic nitrogens is 1. The molecule has 0 spiro atoms. The van der Waals surface area contributed by atoms with Gasteiger partial charge in [0.15, 0.2) is 0 Å². The van der Waals surface area contributed by atoms with Crippen LogP contribution in [0.2, 0.25) is 0 Å². The van der Waals surface area contributed by atoms with Crippen LogP contribution in [0.1, 0.15) is 41.3 Å². The second kappa shape index (κ2) is 9.56. The van der Waals surface area contributed by atoms with Crippen molar-refractivity contribution in [2.24, 2.45) is 0 Å². The Morgan fingerprint density at radius 1 is 1.03 bits per heavy atom. The molecule has 2 N–H and O–H groups in total. The Morgan fingerprint density at radius 2 is 1.87 bits per heavy atom. The average Bonchev–Trinajstić information content (AvgIpc) is 2.82. The highest BCUT2D eigenvalue weighted by Gasteiger charge is 2.30. The van der Waals surface area contributed by atoms with E-state index in [1.165, 1.54) is 54.7 Å². The van der Waals surface area contributed by atoms with Crippen molar-refractivity contribution in [3.8, 4) is 0 Å². The number of benzene rings is 1. The number of nitrogens with zero attached hydrogens (tertiary/aromatic N) is 3. The van der Waals surface area contributed by atoms with E-state index in [1.807, 2.05) is 6.20 Å². The van der Waals surface area contributed by atoms with E-state index in [2.05, 4.69) is 56.8 Å². The minimum absolute atomic E-state index is 0.455. The standard InChI is InChI=1S/C25H35N5/c1-2-6-22-18-28-23(17-21(22)5-1)19-30(16-15-29-13-11-26-12-14-29)24-9-3-7-20-8-4-10-27-25(20)24/h1-2,4-6,8,10,23-24,26,28H,3,7,9,11-19H2/t23-,24+/m1/s1. The summed E-state index contributed by atoms with van der Waals surface area (Å²) in [4.78, 5) is 10.2. The van der Waals surface area contributed by atoms with Crippen LogP contribution in [0.25, 0.3) is 0 Å². The zero-order valence-corrected chi connectivity index (χ0v) is 18.0. The number of nitrogens with one attached hydrogen (secondary N) is 2. The van der Waals surface area contributed by atoms with Gasteiger partial charge in [-0.15, -0.1) is 0 Å². The highest BCUT2D eigenvalue weighted by atomic mass is 15.2. The number of hydrogen-bond acceptors (Lipinski definition) is 5. The van der Waals surface area contributed by atoms with E-state index in [9.17, 15) is 0 Å². The third-order valence-corrected chi connectivity index (χ3v) is 7.14. The van der Waals surface area contributed by atoms with Gasteiger partial charge in [-0.05, 0) is 48.4 Å². The Kier molecular flexibility index (Phi) is 6.42. The van der Waals surface area contributed by atoms with Crippen molar-refractivity contribution in [3.63, 3.8) is 0 Å². The monoisotopic (exact) mass is 405 g/mol. The molecule has 5 heteroatoms. The third-order valence-electron chi connectivity index (χ3n) is 7.14. The minimum Gasteiger partial charge on any atom is -0.314 e. The number of piperazine rings is 1. The molecule has 2 aromatic rings. The normalized spacial score (nSPS) is 24.4. The molecule has 3 heterocycles. The SMILES string of the molecule is c1ccc2c(c1)CN[C@@H](CN(CCN1CCNCC1)[C@H]1CCCc3cccnc31)C2. The maximum absolute atomic E-state index is 4.86. The van der Waals surface area contributed by atoms with E-state index >= 15 is 0 Å². The van der Waals surface area contributed by atoms with E-state index in [0.29, 0.717) is 12.1 Å². The third kappa shape index (κ3) is 4.59. The van der Waals surface area contributed by atoms with Gasteiger partial charge in [0.25, 0.3) is 0 Å². The Labute approximate surface area is 180 Å². The van der Waals surface area contributed by atoms with Crippen molar-refractivity contribution < 1.29 is 0 Å². The van der Waals surface area contributed by atoms with E-state index in [1.54, 1.807) is 0 Å². The van der Waals surface area contributed by atoms with Crippen LogP contribution in [-0.4, -0.2) is 66.6 Å². The molecule has 5 nitrogen and oxygen atoms in total. The smallest absolute Gasteiger partial charge is 0.0607 e. The number of pyridine rings is 1. The second-order valence-corrected chi connectivity index (χ2v) is 9.09. The van der Waals surface area contributed by atoms with Crippen molar-refractivity contribution in [3.05, 3.63) is 65.0 Å². The summed E-state index contributed by atoms with van der Waals surface area (Å²) >= 11 is 0. The topological polar surface area (TPSA) is 43.4 Å². The summed E-state index contributed by atoms with van der Waals surface area (Å²) in [5.74, 6) is 0. The largest absolute Gasteiger partial charge is 0.314 e. The number of fused-ring (bicyclic) bond motifs is 2. The second-order valence-electron chi connectivity index (χ2n) is 9.09. The highest BCUT2D eigenvalue weighted by Crippen LogP contribution is 2.33. The quantitative estimate of drug-likeness (QED) is 0.773. The van der Waals surface area contributed by atoms with Gasteiger partial charge in [0.2, 0.25) is 0 Å². The molecule has 1 fully saturated rings. The molecule has 2 aliphatic heterocycles. The predicted molar refractivity (Wildman–Crippen MR) is 122 cm³/mol. The summed E-state index contributed by atoms with van der Waals surface area (Å²) in [6, 6.07) is 14.3. The Balaban J connectivity index is 1.32. The van der Waals surface area contributed by atoms with Gasteiger partial charge < -0.3 is 10.6 Å². The number of aryl methyl sites for hydroxylation is 1. The molecule has 0 amide bonds. The first-order valence-corrected chi connectivity index (χ1v) is 11.8. The predicted octanol–water partition coefficient (Wildman–Crippen LogP) is 2.38. The molecule has 3 aliphatic rings. The van der Waals surface area contributed by atoms with Crippen LogP contribution in [0.3, 0.4) is 0 Å². The van der Waals surface area contributed by atoms with Gasteiger partial charge in [0, 0.05) is 64.6 Å². The molecule has 1 aromatic heterocycles. The van der Waals surface area contributed by atoms with Crippen LogP contribution in [-0.2, 0) is 19.4 Å². The summed E-state index contributed by atoms with van der Waals surface area (Å²) < 4.78 is 0. The lowest BCUT2D eigenvalue weighted by molar-refractivity contribution is 0.125. The fourth-order valence-electron chi connectivity index (χ4n) is 5.45. The zero-order valence-electron chi connectivity index (χ0n) is 18.0. The van der Waals surface area contributed by atoms with Gasteiger partial charge in [-0.3, -0.25) is 14.8 Å². The minimum atomic E-state index is 0.455. The van der Waals surface area contributed by atoms with Gasteiger partial charge in [-0.25, -0.2) is 0 Å². The summed E-state index contributed by atoms with van der Waals surface area (Å²) in [5, 5.41) is 7.30. The van der Waals surface area contributed by atoms with Crippen LogP contribution in [0.5, 0.6) is 0 Å². The van der Waals surface area contributed by atoms with Crippen LogP contribution >= 0.6 is 0 Å². The highest BCUT2D eigenvalue weighted by molar-refractivity contribution is 5.30. The molecule has 5 rings (SSSR count). The summed E-state index contributed by atoms with van der Waals surface area (Å²) in [5.41, 5.74) is 5.78. The van der Waals surface area contributed by atoms with Crippen molar-refractivity contribution >= 4 is 0 Å². The van der Waals surface area contributed by atoms with Crippen molar-refractivity contribution in [1.82, 2.24) is 25.4 Å². The number of hydrogen-bond donors (Lipinski definition) is 2. The van der Waals surface area contributed by atoms with Crippen molar-refractivity contribution in [1.29, 1.82) is 0 Å². The Hall–Kier alpha value is -1.79. The lowest BCUT2D eigenvalue weighted by atomic mass is 9.89. The van der Waals surface area contributed by atoms with E-state index < -0.39 is 0 Å². The lowest BCUT2D eigenvalue weighted by Gasteiger charge is -2.40. The van der Waals surface area contributed by atoms with E-state index in [-0.39, 0.29) is 0 Å². The maximum Gasteiger partial charge on any atom is 0.0607 e. The van der Waals surface area contributed by atoms with E-state index in [0.717, 1.165) is 45.7 Å². The van der Waals surface area contributed by atoms with E-state index in [4.69, 9.17) is 4.98 Å². The molecule has 1 saturated heterocycles. The Morgan fingerprint density at radius 3 is 2.77 bits per heavy atom. The van der Waals surface area contributed by atoms with Gasteiger partial charge in [-0.2, -0.15) is 0 Å². The molecule has 30 heavy (non-hydrogen) atoms. The maximum atomic E-state index is 4.86. The first-order chi connectivity index (χ1) is 14.9. The molecule has 0 saturated carbocycles. The fourth-order valence-corrected chi connectivity index (χ4v) is 5.45. The molecule has 0 bridgehead atoms. The molecular formula is C25H35N5. The zero-order chi connectivity index (χ0) is 20.2. The summed E-state index contributed by atoms with van der Waals surface area (Å²) in [6.07, 6.45) is 6.80. The van der Waals surface area contributed by atoms with Gasteiger partial charge in [0.1, 0.15) is 0 Å². The molecule has 1 aliphatic carbocycles.